The normalized spacial score (nSPS) is 11.5. The second-order valence-corrected chi connectivity index (χ2v) is 12.8. The van der Waals surface area contributed by atoms with Crippen LogP contribution in [0.25, 0.3) is 99.9 Å². The Bertz CT molecular complexity index is 2910. The van der Waals surface area contributed by atoms with Crippen molar-refractivity contribution in [3.05, 3.63) is 176 Å². The molecule has 0 aliphatic heterocycles. The van der Waals surface area contributed by atoms with E-state index in [-0.39, 0.29) is 0 Å². The lowest BCUT2D eigenvalue weighted by atomic mass is 9.92. The summed E-state index contributed by atoms with van der Waals surface area (Å²) in [5, 5.41) is 6.91. The van der Waals surface area contributed by atoms with E-state index in [0.29, 0.717) is 17.5 Å². The Hall–Kier alpha value is -6.91. The van der Waals surface area contributed by atoms with E-state index in [1.54, 1.807) is 0 Å². The van der Waals surface area contributed by atoms with Gasteiger partial charge in [0.25, 0.3) is 0 Å². The zero-order valence-electron chi connectivity index (χ0n) is 27.5. The van der Waals surface area contributed by atoms with Crippen molar-refractivity contribution in [2.24, 2.45) is 0 Å². The predicted octanol–water partition coefficient (Wildman–Crippen LogP) is 12.4. The minimum absolute atomic E-state index is 0.592. The number of hydrogen-bond acceptors (Lipinski definition) is 4. The summed E-state index contributed by atoms with van der Waals surface area (Å²) in [4.78, 5) is 15.5. The maximum atomic E-state index is 6.47. The van der Waals surface area contributed by atoms with Gasteiger partial charge in [-0.1, -0.05) is 146 Å². The maximum Gasteiger partial charge on any atom is 0.164 e. The van der Waals surface area contributed by atoms with E-state index < -0.39 is 0 Å². The highest BCUT2D eigenvalue weighted by molar-refractivity contribution is 6.14. The van der Waals surface area contributed by atoms with Crippen molar-refractivity contribution in [2.75, 3.05) is 0 Å². The smallest absolute Gasteiger partial charge is 0.164 e. The molecular weight excluding hydrogens is 623 g/mol. The number of hydrogen-bond donors (Lipinski definition) is 0. The van der Waals surface area contributed by atoms with Crippen molar-refractivity contribution < 1.29 is 4.42 Å². The third-order valence-corrected chi connectivity index (χ3v) is 9.69. The number of fused-ring (bicyclic) bond motifs is 6. The van der Waals surface area contributed by atoms with E-state index in [1.807, 2.05) is 54.6 Å². The van der Waals surface area contributed by atoms with Gasteiger partial charge in [-0.15, -0.1) is 0 Å². The average molecular weight is 652 g/mol. The van der Waals surface area contributed by atoms with Crippen molar-refractivity contribution in [3.8, 4) is 56.4 Å². The predicted molar refractivity (Wildman–Crippen MR) is 209 cm³/mol. The number of benzene rings is 8. The Balaban J connectivity index is 1.22. The summed E-state index contributed by atoms with van der Waals surface area (Å²) in [6, 6.07) is 61.0. The molecule has 238 valence electrons. The number of aromatic nitrogens is 3. The van der Waals surface area contributed by atoms with Gasteiger partial charge in [0.05, 0.1) is 0 Å². The molecule has 0 amide bonds. The van der Waals surface area contributed by atoms with E-state index >= 15 is 0 Å². The molecule has 0 aliphatic carbocycles. The van der Waals surface area contributed by atoms with E-state index in [1.165, 1.54) is 27.1 Å². The Kier molecular flexibility index (Phi) is 6.78. The fraction of sp³-hybridized carbons (Fsp3) is 0. The monoisotopic (exact) mass is 651 g/mol. The molecule has 2 aromatic heterocycles. The standard InChI is InChI=1S/C47H29N3O/c1-3-14-30(15-4-1)35-28-41(44-39-24-11-12-25-42(39)51-43(44)29-35)47-49-45(31-16-5-2-6-17-31)48-46(50-47)34-20-13-19-32(26-34)40-27-33-18-7-8-21-36(33)37-22-9-10-23-38(37)40/h1-29H. The lowest BCUT2D eigenvalue weighted by molar-refractivity contribution is 0.669. The van der Waals surface area contributed by atoms with Crippen LogP contribution in [-0.4, -0.2) is 15.0 Å². The second-order valence-electron chi connectivity index (χ2n) is 12.8. The van der Waals surface area contributed by atoms with Gasteiger partial charge in [0, 0.05) is 27.5 Å². The summed E-state index contributed by atoms with van der Waals surface area (Å²) in [5.41, 5.74) is 8.75. The number of para-hydroxylation sites is 1. The van der Waals surface area contributed by atoms with Crippen LogP contribution in [-0.2, 0) is 0 Å². The van der Waals surface area contributed by atoms with Crippen LogP contribution in [0.3, 0.4) is 0 Å². The molecule has 0 saturated heterocycles. The van der Waals surface area contributed by atoms with Gasteiger partial charge < -0.3 is 4.42 Å². The molecule has 51 heavy (non-hydrogen) atoms. The zero-order valence-corrected chi connectivity index (χ0v) is 27.5. The van der Waals surface area contributed by atoms with Crippen LogP contribution in [0.4, 0.5) is 0 Å². The van der Waals surface area contributed by atoms with E-state index in [0.717, 1.165) is 55.3 Å². The SMILES string of the molecule is c1ccc(-c2cc(-c3nc(-c4ccccc4)nc(-c4cccc(-c5cc6ccccc6c6ccccc56)c4)n3)c3c(c2)oc2ccccc23)cc1. The first-order chi connectivity index (χ1) is 25.3. The van der Waals surface area contributed by atoms with Crippen LogP contribution < -0.4 is 0 Å². The summed E-state index contributed by atoms with van der Waals surface area (Å²) in [7, 11) is 0. The fourth-order valence-corrected chi connectivity index (χ4v) is 7.29. The van der Waals surface area contributed by atoms with Crippen molar-refractivity contribution in [1.82, 2.24) is 15.0 Å². The van der Waals surface area contributed by atoms with Gasteiger partial charge in [0.1, 0.15) is 11.2 Å². The molecule has 0 N–H and O–H groups in total. The van der Waals surface area contributed by atoms with Crippen LogP contribution in [0.15, 0.2) is 180 Å². The van der Waals surface area contributed by atoms with Gasteiger partial charge in [-0.25, -0.2) is 15.0 Å². The molecule has 0 saturated carbocycles. The third kappa shape index (κ3) is 5.04. The molecule has 0 atom stereocenters. The summed E-state index contributed by atoms with van der Waals surface area (Å²) >= 11 is 0. The van der Waals surface area contributed by atoms with E-state index in [9.17, 15) is 0 Å². The molecule has 0 fully saturated rings. The van der Waals surface area contributed by atoms with Gasteiger partial charge >= 0.3 is 0 Å². The zero-order chi connectivity index (χ0) is 33.7. The van der Waals surface area contributed by atoms with Crippen LogP contribution in [0.2, 0.25) is 0 Å². The van der Waals surface area contributed by atoms with Crippen molar-refractivity contribution in [2.45, 2.75) is 0 Å². The summed E-state index contributed by atoms with van der Waals surface area (Å²) in [6.07, 6.45) is 0. The Morgan fingerprint density at radius 3 is 1.71 bits per heavy atom. The largest absolute Gasteiger partial charge is 0.456 e. The maximum absolute atomic E-state index is 6.47. The first kappa shape index (κ1) is 29.0. The Morgan fingerprint density at radius 2 is 0.902 bits per heavy atom. The first-order valence-corrected chi connectivity index (χ1v) is 17.1. The number of rotatable bonds is 5. The minimum atomic E-state index is 0.592. The van der Waals surface area contributed by atoms with E-state index in [2.05, 4.69) is 121 Å². The van der Waals surface area contributed by atoms with Crippen LogP contribution in [0.1, 0.15) is 0 Å². The summed E-state index contributed by atoms with van der Waals surface area (Å²) < 4.78 is 6.47. The van der Waals surface area contributed by atoms with Crippen LogP contribution in [0.5, 0.6) is 0 Å². The molecule has 10 rings (SSSR count). The summed E-state index contributed by atoms with van der Waals surface area (Å²) in [5.74, 6) is 1.81. The molecule has 8 aromatic carbocycles. The van der Waals surface area contributed by atoms with Crippen LogP contribution in [0, 0.1) is 0 Å². The van der Waals surface area contributed by atoms with E-state index in [4.69, 9.17) is 19.4 Å². The molecular formula is C47H29N3O. The molecule has 4 heteroatoms. The number of furan rings is 1. The summed E-state index contributed by atoms with van der Waals surface area (Å²) in [6.45, 7) is 0. The van der Waals surface area contributed by atoms with Gasteiger partial charge in [0.15, 0.2) is 17.5 Å². The Labute approximate surface area is 294 Å². The van der Waals surface area contributed by atoms with Gasteiger partial charge in [-0.3, -0.25) is 0 Å². The third-order valence-electron chi connectivity index (χ3n) is 9.69. The molecule has 0 radical (unpaired) electrons. The van der Waals surface area contributed by atoms with Gasteiger partial charge in [-0.05, 0) is 74.1 Å². The minimum Gasteiger partial charge on any atom is -0.456 e. The average Bonchev–Trinajstić information content (AvgIpc) is 3.59. The molecule has 0 unspecified atom stereocenters. The highest BCUT2D eigenvalue weighted by atomic mass is 16.3. The molecule has 4 nitrogen and oxygen atoms in total. The molecule has 0 aliphatic rings. The molecule has 0 bridgehead atoms. The van der Waals surface area contributed by atoms with Gasteiger partial charge in [-0.2, -0.15) is 0 Å². The van der Waals surface area contributed by atoms with Crippen molar-refractivity contribution in [3.63, 3.8) is 0 Å². The fourth-order valence-electron chi connectivity index (χ4n) is 7.29. The molecule has 10 aromatic rings. The Morgan fingerprint density at radius 1 is 0.314 bits per heavy atom. The lowest BCUT2D eigenvalue weighted by Gasteiger charge is -2.13. The highest BCUT2D eigenvalue weighted by Crippen LogP contribution is 2.41. The highest BCUT2D eigenvalue weighted by Gasteiger charge is 2.20. The first-order valence-electron chi connectivity index (χ1n) is 17.1. The van der Waals surface area contributed by atoms with Crippen molar-refractivity contribution in [1.29, 1.82) is 0 Å². The molecule has 2 heterocycles. The quantitative estimate of drug-likeness (QED) is 0.174. The van der Waals surface area contributed by atoms with Crippen LogP contribution >= 0.6 is 0 Å². The second kappa shape index (κ2) is 11.9. The molecule has 0 spiro atoms. The topological polar surface area (TPSA) is 51.8 Å². The number of nitrogens with zero attached hydrogens (tertiary/aromatic N) is 3. The lowest BCUT2D eigenvalue weighted by Crippen LogP contribution is -2.01. The van der Waals surface area contributed by atoms with Crippen molar-refractivity contribution >= 4 is 43.5 Å². The van der Waals surface area contributed by atoms with Gasteiger partial charge in [0.2, 0.25) is 0 Å².